The Morgan fingerprint density at radius 2 is 1.89 bits per heavy atom. The molecule has 0 aliphatic carbocycles. The van der Waals surface area contributed by atoms with E-state index < -0.39 is 0 Å². The number of carbonyl (C=O) groups excluding carboxylic acids is 1. The maximum Gasteiger partial charge on any atom is 0.273 e. The van der Waals surface area contributed by atoms with Gasteiger partial charge in [0.15, 0.2) is 5.69 Å². The molecule has 1 heterocycles. The normalized spacial score (nSPS) is 12.4. The zero-order valence-corrected chi connectivity index (χ0v) is 11.4. The van der Waals surface area contributed by atoms with E-state index in [-0.39, 0.29) is 11.9 Å². The molecule has 2 aromatic rings. The van der Waals surface area contributed by atoms with E-state index in [1.807, 2.05) is 37.3 Å². The Balaban J connectivity index is 2.11. The first kappa shape index (κ1) is 13.3. The summed E-state index contributed by atoms with van der Waals surface area (Å²) in [4.78, 5) is 12.0. The molecule has 0 radical (unpaired) electrons. The van der Waals surface area contributed by atoms with Crippen LogP contribution < -0.4 is 5.32 Å². The number of para-hydroxylation sites is 1. The fraction of sp³-hybridized carbons (Fsp3) is 0.357. The molecule has 5 heteroatoms. The molecule has 100 valence electrons. The maximum absolute atomic E-state index is 12.0. The van der Waals surface area contributed by atoms with Gasteiger partial charge in [-0.3, -0.25) is 4.79 Å². The third kappa shape index (κ3) is 3.19. The number of carbonyl (C=O) groups is 1. The topological polar surface area (TPSA) is 59.8 Å². The summed E-state index contributed by atoms with van der Waals surface area (Å²) < 4.78 is 1.59. The smallest absolute Gasteiger partial charge is 0.273 e. The van der Waals surface area contributed by atoms with Gasteiger partial charge in [0.05, 0.1) is 11.9 Å². The average molecular weight is 258 g/mol. The number of nitrogens with zero attached hydrogens (tertiary/aromatic N) is 3. The highest BCUT2D eigenvalue weighted by atomic mass is 16.2. The number of nitrogens with one attached hydrogen (secondary N) is 1. The van der Waals surface area contributed by atoms with Crippen molar-refractivity contribution in [3.63, 3.8) is 0 Å². The molecule has 1 N–H and O–H groups in total. The highest BCUT2D eigenvalue weighted by molar-refractivity contribution is 5.92. The van der Waals surface area contributed by atoms with E-state index in [1.54, 1.807) is 10.9 Å². The van der Waals surface area contributed by atoms with Crippen LogP contribution in [0.25, 0.3) is 5.69 Å². The maximum atomic E-state index is 12.0. The Bertz CT molecular complexity index is 548. The fourth-order valence-electron chi connectivity index (χ4n) is 1.52. The number of benzene rings is 1. The zero-order valence-electron chi connectivity index (χ0n) is 11.4. The molecule has 0 aliphatic heterocycles. The summed E-state index contributed by atoms with van der Waals surface area (Å²) in [6.07, 6.45) is 1.64. The Labute approximate surface area is 112 Å². The molecule has 1 aromatic carbocycles. The molecule has 19 heavy (non-hydrogen) atoms. The van der Waals surface area contributed by atoms with E-state index in [9.17, 15) is 4.79 Å². The number of rotatable bonds is 4. The van der Waals surface area contributed by atoms with Gasteiger partial charge in [0.25, 0.3) is 5.91 Å². The Hall–Kier alpha value is -2.17. The van der Waals surface area contributed by atoms with Crippen molar-refractivity contribution in [2.24, 2.45) is 5.92 Å². The van der Waals surface area contributed by atoms with Crippen molar-refractivity contribution < 1.29 is 4.79 Å². The number of hydrogen-bond acceptors (Lipinski definition) is 3. The summed E-state index contributed by atoms with van der Waals surface area (Å²) in [6.45, 7) is 6.10. The van der Waals surface area contributed by atoms with Gasteiger partial charge in [-0.1, -0.05) is 37.3 Å². The summed E-state index contributed by atoms with van der Waals surface area (Å²) in [5.74, 6) is 0.191. The van der Waals surface area contributed by atoms with Crippen LogP contribution in [-0.2, 0) is 0 Å². The van der Waals surface area contributed by atoms with Crippen molar-refractivity contribution in [1.82, 2.24) is 20.3 Å². The minimum atomic E-state index is -0.191. The average Bonchev–Trinajstić information content (AvgIpc) is 2.89. The van der Waals surface area contributed by atoms with Gasteiger partial charge in [0.1, 0.15) is 0 Å². The molecule has 0 spiro atoms. The van der Waals surface area contributed by atoms with Gasteiger partial charge in [0.2, 0.25) is 0 Å². The van der Waals surface area contributed by atoms with Gasteiger partial charge in [-0.15, -0.1) is 5.10 Å². The van der Waals surface area contributed by atoms with Crippen molar-refractivity contribution in [1.29, 1.82) is 0 Å². The molecule has 1 unspecified atom stereocenters. The highest BCUT2D eigenvalue weighted by Crippen LogP contribution is 2.06. The summed E-state index contributed by atoms with van der Waals surface area (Å²) in [7, 11) is 0. The monoisotopic (exact) mass is 258 g/mol. The van der Waals surface area contributed by atoms with Crippen molar-refractivity contribution >= 4 is 5.91 Å². The molecule has 5 nitrogen and oxygen atoms in total. The molecule has 0 aliphatic rings. The standard InChI is InChI=1S/C14H18N4O/c1-10(2)11(3)15-14(19)13-9-18(17-16-13)12-7-5-4-6-8-12/h4-11H,1-3H3,(H,15,19). The lowest BCUT2D eigenvalue weighted by atomic mass is 10.1. The van der Waals surface area contributed by atoms with Crippen LogP contribution in [0.4, 0.5) is 0 Å². The SMILES string of the molecule is CC(C)C(C)NC(=O)c1cn(-c2ccccc2)nn1. The second-order valence-corrected chi connectivity index (χ2v) is 4.89. The second kappa shape index (κ2) is 5.65. The lowest BCUT2D eigenvalue weighted by Gasteiger charge is -2.16. The van der Waals surface area contributed by atoms with Gasteiger partial charge < -0.3 is 5.32 Å². The molecule has 1 amide bonds. The van der Waals surface area contributed by atoms with Crippen LogP contribution in [0, 0.1) is 5.92 Å². The lowest BCUT2D eigenvalue weighted by molar-refractivity contribution is 0.0925. The van der Waals surface area contributed by atoms with Crippen molar-refractivity contribution in [3.05, 3.63) is 42.2 Å². The summed E-state index contributed by atoms with van der Waals surface area (Å²) in [5, 5.41) is 10.8. The van der Waals surface area contributed by atoms with Gasteiger partial charge in [-0.2, -0.15) is 0 Å². The Kier molecular flexibility index (Phi) is 3.94. The van der Waals surface area contributed by atoms with Gasteiger partial charge in [-0.05, 0) is 25.0 Å². The van der Waals surface area contributed by atoms with Crippen LogP contribution in [0.15, 0.2) is 36.5 Å². The first-order valence-corrected chi connectivity index (χ1v) is 6.36. The van der Waals surface area contributed by atoms with Crippen LogP contribution in [0.5, 0.6) is 0 Å². The van der Waals surface area contributed by atoms with Crippen molar-refractivity contribution in [2.45, 2.75) is 26.8 Å². The molecular formula is C14H18N4O. The van der Waals surface area contributed by atoms with Gasteiger partial charge in [0, 0.05) is 6.04 Å². The molecular weight excluding hydrogens is 240 g/mol. The third-order valence-corrected chi connectivity index (χ3v) is 3.11. The van der Waals surface area contributed by atoms with E-state index >= 15 is 0 Å². The zero-order chi connectivity index (χ0) is 13.8. The lowest BCUT2D eigenvalue weighted by Crippen LogP contribution is -2.36. The predicted octanol–water partition coefficient (Wildman–Crippen LogP) is 2.04. The van der Waals surface area contributed by atoms with E-state index in [1.165, 1.54) is 0 Å². The Morgan fingerprint density at radius 1 is 1.21 bits per heavy atom. The minimum absolute atomic E-state index is 0.106. The van der Waals surface area contributed by atoms with Crippen molar-refractivity contribution in [3.8, 4) is 5.69 Å². The van der Waals surface area contributed by atoms with Gasteiger partial charge in [-0.25, -0.2) is 4.68 Å². The molecule has 1 atom stereocenters. The highest BCUT2D eigenvalue weighted by Gasteiger charge is 2.15. The number of hydrogen-bond donors (Lipinski definition) is 1. The van der Waals surface area contributed by atoms with Crippen LogP contribution >= 0.6 is 0 Å². The van der Waals surface area contributed by atoms with E-state index in [0.29, 0.717) is 11.6 Å². The number of amides is 1. The van der Waals surface area contributed by atoms with Crippen LogP contribution in [0.2, 0.25) is 0 Å². The first-order valence-electron chi connectivity index (χ1n) is 6.36. The Morgan fingerprint density at radius 3 is 2.53 bits per heavy atom. The third-order valence-electron chi connectivity index (χ3n) is 3.11. The molecule has 1 aromatic heterocycles. The van der Waals surface area contributed by atoms with Crippen LogP contribution in [-0.4, -0.2) is 26.9 Å². The van der Waals surface area contributed by atoms with Gasteiger partial charge >= 0.3 is 0 Å². The predicted molar refractivity (Wildman–Crippen MR) is 73.1 cm³/mol. The summed E-state index contributed by atoms with van der Waals surface area (Å²) in [6, 6.07) is 9.68. The first-order chi connectivity index (χ1) is 9.08. The van der Waals surface area contributed by atoms with Crippen LogP contribution in [0.1, 0.15) is 31.3 Å². The van der Waals surface area contributed by atoms with E-state index in [4.69, 9.17) is 0 Å². The van der Waals surface area contributed by atoms with Crippen LogP contribution in [0.3, 0.4) is 0 Å². The molecule has 0 saturated heterocycles. The second-order valence-electron chi connectivity index (χ2n) is 4.89. The molecule has 0 saturated carbocycles. The number of aromatic nitrogens is 3. The fourth-order valence-corrected chi connectivity index (χ4v) is 1.52. The minimum Gasteiger partial charge on any atom is -0.348 e. The molecule has 2 rings (SSSR count). The summed E-state index contributed by atoms with van der Waals surface area (Å²) in [5.41, 5.74) is 1.21. The van der Waals surface area contributed by atoms with E-state index in [2.05, 4.69) is 29.5 Å². The molecule has 0 bridgehead atoms. The quantitative estimate of drug-likeness (QED) is 0.913. The summed E-state index contributed by atoms with van der Waals surface area (Å²) >= 11 is 0. The van der Waals surface area contributed by atoms with E-state index in [0.717, 1.165) is 5.69 Å². The largest absolute Gasteiger partial charge is 0.348 e. The molecule has 0 fully saturated rings. The van der Waals surface area contributed by atoms with Crippen molar-refractivity contribution in [2.75, 3.05) is 0 Å².